The van der Waals surface area contributed by atoms with Crippen LogP contribution >= 0.6 is 11.3 Å². The first-order valence-electron chi connectivity index (χ1n) is 5.47. The van der Waals surface area contributed by atoms with Crippen LogP contribution in [0.15, 0.2) is 27.5 Å². The Kier molecular flexibility index (Phi) is 1.69. The van der Waals surface area contributed by atoms with Crippen LogP contribution in [0.4, 0.5) is 5.69 Å². The van der Waals surface area contributed by atoms with Gasteiger partial charge in [0.1, 0.15) is 15.4 Å². The maximum atomic E-state index is 4.54. The van der Waals surface area contributed by atoms with Gasteiger partial charge in [0.05, 0.1) is 13.1 Å². The van der Waals surface area contributed by atoms with Crippen LogP contribution in [0.3, 0.4) is 0 Å². The van der Waals surface area contributed by atoms with E-state index in [-0.39, 0.29) is 0 Å². The van der Waals surface area contributed by atoms with Gasteiger partial charge in [-0.2, -0.15) is 0 Å². The summed E-state index contributed by atoms with van der Waals surface area (Å²) in [7, 11) is 0. The fraction of sp³-hybridized carbons (Fsp3) is 0.273. The molecule has 0 saturated carbocycles. The molecule has 0 aromatic carbocycles. The van der Waals surface area contributed by atoms with E-state index in [1.54, 1.807) is 11.3 Å². The van der Waals surface area contributed by atoms with E-state index in [2.05, 4.69) is 26.4 Å². The summed E-state index contributed by atoms with van der Waals surface area (Å²) in [4.78, 5) is 11.1. The zero-order valence-electron chi connectivity index (χ0n) is 9.21. The molecule has 17 heavy (non-hydrogen) atoms. The predicted octanol–water partition coefficient (Wildman–Crippen LogP) is 2.68. The van der Waals surface area contributed by atoms with Gasteiger partial charge in [-0.25, -0.2) is 9.99 Å². The van der Waals surface area contributed by atoms with Crippen molar-refractivity contribution in [3.63, 3.8) is 0 Å². The molecular formula is C11H9N5S. The fourth-order valence-electron chi connectivity index (χ4n) is 2.12. The monoisotopic (exact) mass is 243 g/mol. The van der Waals surface area contributed by atoms with Crippen molar-refractivity contribution in [3.8, 4) is 0 Å². The molecule has 4 heterocycles. The van der Waals surface area contributed by atoms with Crippen molar-refractivity contribution >= 4 is 33.1 Å². The van der Waals surface area contributed by atoms with E-state index in [0.717, 1.165) is 45.4 Å². The maximum Gasteiger partial charge on any atom is 0.165 e. The van der Waals surface area contributed by atoms with Gasteiger partial charge in [0, 0.05) is 11.1 Å². The molecule has 2 aromatic heterocycles. The second-order valence-electron chi connectivity index (χ2n) is 4.10. The van der Waals surface area contributed by atoms with Gasteiger partial charge < -0.3 is 0 Å². The van der Waals surface area contributed by atoms with Crippen molar-refractivity contribution in [1.29, 1.82) is 0 Å². The molecule has 0 fully saturated rings. The summed E-state index contributed by atoms with van der Waals surface area (Å²) >= 11 is 1.65. The molecule has 0 radical (unpaired) electrons. The Morgan fingerprint density at radius 3 is 3.24 bits per heavy atom. The van der Waals surface area contributed by atoms with Gasteiger partial charge in [0.2, 0.25) is 0 Å². The van der Waals surface area contributed by atoms with Gasteiger partial charge in [0.15, 0.2) is 5.84 Å². The molecule has 0 spiro atoms. The van der Waals surface area contributed by atoms with Crippen LogP contribution in [0.2, 0.25) is 0 Å². The zero-order chi connectivity index (χ0) is 11.4. The maximum absolute atomic E-state index is 4.54. The molecule has 2 aliphatic heterocycles. The Labute approximate surface area is 101 Å². The Balaban J connectivity index is 2.06. The highest BCUT2D eigenvalue weighted by Crippen LogP contribution is 2.41. The SMILES string of the molecule is Cc1ccc2c3c(sc2n1)C1=NCCN1N=N3. The van der Waals surface area contributed by atoms with Crippen molar-refractivity contribution in [2.75, 3.05) is 13.1 Å². The van der Waals surface area contributed by atoms with E-state index < -0.39 is 0 Å². The molecule has 5 nitrogen and oxygen atoms in total. The van der Waals surface area contributed by atoms with Crippen LogP contribution in [0.1, 0.15) is 10.6 Å². The highest BCUT2D eigenvalue weighted by molar-refractivity contribution is 7.21. The number of rotatable bonds is 0. The lowest BCUT2D eigenvalue weighted by Crippen LogP contribution is -2.23. The molecule has 0 bridgehead atoms. The fourth-order valence-corrected chi connectivity index (χ4v) is 3.29. The summed E-state index contributed by atoms with van der Waals surface area (Å²) < 4.78 is 0. The lowest BCUT2D eigenvalue weighted by molar-refractivity contribution is 0.454. The Morgan fingerprint density at radius 1 is 1.35 bits per heavy atom. The molecule has 2 aromatic rings. The zero-order valence-corrected chi connectivity index (χ0v) is 10.0. The third kappa shape index (κ3) is 1.18. The number of aromatic nitrogens is 1. The number of nitrogens with zero attached hydrogens (tertiary/aromatic N) is 5. The van der Waals surface area contributed by atoms with Crippen LogP contribution in [-0.4, -0.2) is 28.9 Å². The normalized spacial score (nSPS) is 17.2. The van der Waals surface area contributed by atoms with E-state index in [0.29, 0.717) is 0 Å². The number of hydrogen-bond acceptors (Lipinski definition) is 6. The summed E-state index contributed by atoms with van der Waals surface area (Å²) in [6, 6.07) is 4.07. The molecule has 0 amide bonds. The summed E-state index contributed by atoms with van der Waals surface area (Å²) in [6.45, 7) is 3.63. The van der Waals surface area contributed by atoms with Crippen molar-refractivity contribution in [3.05, 3.63) is 22.7 Å². The second kappa shape index (κ2) is 3.10. The Morgan fingerprint density at radius 2 is 2.29 bits per heavy atom. The molecule has 2 aliphatic rings. The number of pyridine rings is 1. The van der Waals surface area contributed by atoms with E-state index in [9.17, 15) is 0 Å². The van der Waals surface area contributed by atoms with Crippen LogP contribution in [0, 0.1) is 6.92 Å². The number of aliphatic imine (C=N–C) groups is 1. The van der Waals surface area contributed by atoms with Gasteiger partial charge in [-0.15, -0.1) is 16.5 Å². The van der Waals surface area contributed by atoms with Crippen molar-refractivity contribution in [1.82, 2.24) is 9.99 Å². The number of thiophene rings is 1. The first-order chi connectivity index (χ1) is 8.33. The number of fused-ring (bicyclic) bond motifs is 5. The minimum atomic E-state index is 0.800. The topological polar surface area (TPSA) is 53.2 Å². The Bertz CT molecular complexity index is 684. The molecule has 6 heteroatoms. The largest absolute Gasteiger partial charge is 0.264 e. The first-order valence-corrected chi connectivity index (χ1v) is 6.29. The van der Waals surface area contributed by atoms with Crippen molar-refractivity contribution < 1.29 is 0 Å². The predicted molar refractivity (Wildman–Crippen MR) is 67.0 cm³/mol. The van der Waals surface area contributed by atoms with Gasteiger partial charge in [0.25, 0.3) is 0 Å². The van der Waals surface area contributed by atoms with Crippen molar-refractivity contribution in [2.24, 2.45) is 15.3 Å². The summed E-state index contributed by atoms with van der Waals surface area (Å²) in [5.74, 6) is 0.954. The Hall–Kier alpha value is -1.82. The average molecular weight is 243 g/mol. The standard InChI is InChI=1S/C11H9N5S/c1-6-2-3-7-8-9(17-11(7)13-6)10-12-4-5-16(10)15-14-8/h2-3H,4-5H2,1H3. The quantitative estimate of drug-likeness (QED) is 0.714. The molecule has 84 valence electrons. The van der Waals surface area contributed by atoms with Crippen LogP contribution < -0.4 is 0 Å². The van der Waals surface area contributed by atoms with E-state index >= 15 is 0 Å². The summed E-state index contributed by atoms with van der Waals surface area (Å²) in [5.41, 5.74) is 1.95. The van der Waals surface area contributed by atoms with Gasteiger partial charge >= 0.3 is 0 Å². The first kappa shape index (κ1) is 9.23. The van der Waals surface area contributed by atoms with E-state index in [4.69, 9.17) is 0 Å². The third-order valence-corrected chi connectivity index (χ3v) is 4.03. The summed E-state index contributed by atoms with van der Waals surface area (Å²) in [6.07, 6.45) is 0. The molecule has 0 saturated heterocycles. The molecular weight excluding hydrogens is 234 g/mol. The van der Waals surface area contributed by atoms with E-state index in [1.807, 2.05) is 18.0 Å². The number of aryl methyl sites for hydroxylation is 1. The minimum absolute atomic E-state index is 0.800. The lowest BCUT2D eigenvalue weighted by atomic mass is 10.2. The summed E-state index contributed by atoms with van der Waals surface area (Å²) in [5, 5.41) is 11.4. The van der Waals surface area contributed by atoms with Crippen molar-refractivity contribution in [2.45, 2.75) is 6.92 Å². The number of amidine groups is 1. The minimum Gasteiger partial charge on any atom is -0.264 e. The van der Waals surface area contributed by atoms with Gasteiger partial charge in [-0.1, -0.05) is 5.22 Å². The average Bonchev–Trinajstić information content (AvgIpc) is 2.90. The van der Waals surface area contributed by atoms with Crippen LogP contribution in [0.25, 0.3) is 10.2 Å². The highest BCUT2D eigenvalue weighted by atomic mass is 32.1. The second-order valence-corrected chi connectivity index (χ2v) is 5.10. The van der Waals surface area contributed by atoms with Gasteiger partial charge in [-0.05, 0) is 19.1 Å². The molecule has 0 aliphatic carbocycles. The molecule has 4 rings (SSSR count). The number of hydrogen-bond donors (Lipinski definition) is 0. The van der Waals surface area contributed by atoms with Crippen LogP contribution in [0.5, 0.6) is 0 Å². The van der Waals surface area contributed by atoms with Crippen LogP contribution in [-0.2, 0) is 0 Å². The van der Waals surface area contributed by atoms with Gasteiger partial charge in [-0.3, -0.25) is 4.99 Å². The molecule has 0 unspecified atom stereocenters. The van der Waals surface area contributed by atoms with E-state index in [1.165, 1.54) is 0 Å². The highest BCUT2D eigenvalue weighted by Gasteiger charge is 2.28. The molecule has 0 N–H and O–H groups in total. The smallest absolute Gasteiger partial charge is 0.165 e. The molecule has 0 atom stereocenters. The lowest BCUT2D eigenvalue weighted by Gasteiger charge is -2.15. The third-order valence-electron chi connectivity index (χ3n) is 2.94.